The van der Waals surface area contributed by atoms with Crippen molar-refractivity contribution < 1.29 is 37.9 Å². The molecule has 0 N–H and O–H groups in total. The second-order valence-electron chi connectivity index (χ2n) is 17.2. The highest BCUT2D eigenvalue weighted by Gasteiger charge is 2.28. The Balaban J connectivity index is 1.20. The maximum atomic E-state index is 6.32. The average Bonchev–Trinajstić information content (AvgIpc) is 4.16. The van der Waals surface area contributed by atoms with Crippen molar-refractivity contribution in [2.45, 2.75) is 75.6 Å². The third-order valence-electron chi connectivity index (χ3n) is 12.1. The van der Waals surface area contributed by atoms with E-state index < -0.39 is 0 Å². The van der Waals surface area contributed by atoms with E-state index in [2.05, 4.69) is 124 Å². The second-order valence-corrected chi connectivity index (χ2v) is 17.2. The number of ether oxygens (including phenoxy) is 8. The highest BCUT2D eigenvalue weighted by Crippen LogP contribution is 2.41. The summed E-state index contributed by atoms with van der Waals surface area (Å²) in [6.45, 7) is 19.6. The van der Waals surface area contributed by atoms with Gasteiger partial charge in [0.2, 0.25) is 0 Å². The van der Waals surface area contributed by atoms with Crippen molar-refractivity contribution in [2.24, 2.45) is 0 Å². The zero-order chi connectivity index (χ0) is 45.0. The Morgan fingerprint density at radius 2 is 0.831 bits per heavy atom. The molecule has 8 heteroatoms. The van der Waals surface area contributed by atoms with E-state index in [1.54, 1.807) is 7.11 Å². The molecule has 0 spiro atoms. The largest absolute Gasteiger partial charge is 0.493 e. The van der Waals surface area contributed by atoms with Gasteiger partial charge in [-0.3, -0.25) is 0 Å². The third-order valence-corrected chi connectivity index (χ3v) is 12.1. The van der Waals surface area contributed by atoms with Crippen LogP contribution in [0, 0.1) is 0 Å². The van der Waals surface area contributed by atoms with E-state index in [0.29, 0.717) is 52.3 Å². The maximum absolute atomic E-state index is 6.32. The summed E-state index contributed by atoms with van der Waals surface area (Å²) in [4.78, 5) is 0. The zero-order valence-corrected chi connectivity index (χ0v) is 38.1. The monoisotopic (exact) mass is 876 g/mol. The van der Waals surface area contributed by atoms with Gasteiger partial charge in [0.1, 0.15) is 61.1 Å². The lowest BCUT2D eigenvalue weighted by Gasteiger charge is -2.25. The lowest BCUT2D eigenvalue weighted by Crippen LogP contribution is -2.10. The predicted octanol–water partition coefficient (Wildman–Crippen LogP) is 10.9. The predicted molar refractivity (Wildman–Crippen MR) is 257 cm³/mol. The van der Waals surface area contributed by atoms with Gasteiger partial charge in [0, 0.05) is 32.0 Å². The molecule has 3 aliphatic heterocycles. The van der Waals surface area contributed by atoms with Crippen LogP contribution in [0.3, 0.4) is 0 Å². The van der Waals surface area contributed by atoms with Gasteiger partial charge in [-0.25, -0.2) is 0 Å². The summed E-state index contributed by atoms with van der Waals surface area (Å²) in [6.07, 6.45) is 11.1. The summed E-state index contributed by atoms with van der Waals surface area (Å²) in [6, 6.07) is 35.7. The first-order chi connectivity index (χ1) is 32.0. The lowest BCUT2D eigenvalue weighted by molar-refractivity contribution is 0.172. The molecule has 3 aliphatic rings. The van der Waals surface area contributed by atoms with Crippen LogP contribution >= 0.6 is 0 Å². The topological polar surface area (TPSA) is 83.7 Å². The molecule has 340 valence electrons. The highest BCUT2D eigenvalue weighted by atomic mass is 16.6. The molecule has 0 amide bonds. The van der Waals surface area contributed by atoms with Crippen LogP contribution < -0.4 is 18.9 Å². The normalized spacial score (nSPS) is 18.0. The summed E-state index contributed by atoms with van der Waals surface area (Å²) in [5.74, 6) is 3.37. The molecule has 3 fully saturated rings. The fourth-order valence-corrected chi connectivity index (χ4v) is 8.55. The number of benzene rings is 5. The summed E-state index contributed by atoms with van der Waals surface area (Å²) in [5, 5.41) is 0. The standard InChI is InChI=1S/C57H64O8/c1-6-11-41-29-45(19-23-52(41)59-28-10-27-58-5)56(46-20-24-53(42(30-46)12-7-2)63-36-49-33-60-49)39-15-17-40(18-16-39)57(47-21-25-54(43(31-47)13-8-3)64-37-50-34-61-50)48-22-26-55(44(32-48)14-9-4)65-38-51-35-62-51/h6-8,15-26,29-32,49-51,56-57H,1-3,9-14,27-28,33-38H2,4-5H3. The quantitative estimate of drug-likeness (QED) is 0.0213. The molecule has 5 atom stereocenters. The van der Waals surface area contributed by atoms with Gasteiger partial charge in [0.05, 0.1) is 26.4 Å². The fraction of sp³-hybridized carbons (Fsp3) is 0.368. The Morgan fingerprint density at radius 3 is 1.17 bits per heavy atom. The van der Waals surface area contributed by atoms with Crippen molar-refractivity contribution >= 4 is 0 Å². The number of allylic oxidation sites excluding steroid dienone is 3. The van der Waals surface area contributed by atoms with Gasteiger partial charge in [-0.15, -0.1) is 19.7 Å². The summed E-state index contributed by atoms with van der Waals surface area (Å²) < 4.78 is 46.9. The van der Waals surface area contributed by atoms with E-state index >= 15 is 0 Å². The van der Waals surface area contributed by atoms with Gasteiger partial charge >= 0.3 is 0 Å². The molecule has 0 radical (unpaired) electrons. The molecule has 5 aromatic carbocycles. The number of epoxide rings is 3. The molecule has 5 unspecified atom stereocenters. The number of methoxy groups -OCH3 is 1. The SMILES string of the molecule is C=CCc1cc(C(c2ccc(C(c3ccc(OCC4CO4)c(CC=C)c3)c3ccc(OCC4CO4)c(CCC)c3)cc2)c2ccc(OCC3CO3)c(CC=C)c2)ccc1OCCCOC. The molecule has 3 saturated heterocycles. The van der Waals surface area contributed by atoms with Crippen molar-refractivity contribution in [3.63, 3.8) is 0 Å². The minimum absolute atomic E-state index is 0.0666. The molecule has 5 aromatic rings. The molecule has 0 bridgehead atoms. The Labute approximate surface area is 385 Å². The molecule has 8 nitrogen and oxygen atoms in total. The van der Waals surface area contributed by atoms with Crippen LogP contribution in [0.1, 0.15) is 87.2 Å². The molecule has 65 heavy (non-hydrogen) atoms. The van der Waals surface area contributed by atoms with Crippen molar-refractivity contribution in [1.82, 2.24) is 0 Å². The number of hydrogen-bond donors (Lipinski definition) is 0. The molecule has 0 aliphatic carbocycles. The van der Waals surface area contributed by atoms with Crippen molar-refractivity contribution in [1.29, 1.82) is 0 Å². The van der Waals surface area contributed by atoms with E-state index in [9.17, 15) is 0 Å². The van der Waals surface area contributed by atoms with E-state index in [1.165, 1.54) is 27.8 Å². The van der Waals surface area contributed by atoms with E-state index in [0.717, 1.165) is 89.9 Å². The van der Waals surface area contributed by atoms with Gasteiger partial charge < -0.3 is 37.9 Å². The van der Waals surface area contributed by atoms with Gasteiger partial charge in [-0.1, -0.05) is 104 Å². The number of aryl methyl sites for hydroxylation is 1. The molecule has 3 heterocycles. The van der Waals surface area contributed by atoms with Crippen molar-refractivity contribution in [2.75, 3.05) is 60.0 Å². The Morgan fingerprint density at radius 1 is 0.492 bits per heavy atom. The maximum Gasteiger partial charge on any atom is 0.122 e. The molecule has 0 aromatic heterocycles. The Kier molecular flexibility index (Phi) is 15.9. The van der Waals surface area contributed by atoms with E-state index in [1.807, 2.05) is 18.2 Å². The van der Waals surface area contributed by atoms with E-state index in [4.69, 9.17) is 37.9 Å². The minimum Gasteiger partial charge on any atom is -0.493 e. The van der Waals surface area contributed by atoms with Crippen molar-refractivity contribution in [3.8, 4) is 23.0 Å². The third kappa shape index (κ3) is 12.4. The van der Waals surface area contributed by atoms with Gasteiger partial charge in [0.15, 0.2) is 0 Å². The molecular weight excluding hydrogens is 813 g/mol. The van der Waals surface area contributed by atoms with Crippen LogP contribution in [0.25, 0.3) is 0 Å². The fourth-order valence-electron chi connectivity index (χ4n) is 8.55. The highest BCUT2D eigenvalue weighted by molar-refractivity contribution is 5.54. The minimum atomic E-state index is -0.0907. The van der Waals surface area contributed by atoms with Crippen LogP contribution in [-0.4, -0.2) is 78.3 Å². The van der Waals surface area contributed by atoms with Gasteiger partial charge in [0.25, 0.3) is 0 Å². The Hall–Kier alpha value is -5.64. The summed E-state index contributed by atoms with van der Waals surface area (Å²) >= 11 is 0. The van der Waals surface area contributed by atoms with Crippen LogP contribution in [0.15, 0.2) is 135 Å². The smallest absolute Gasteiger partial charge is 0.122 e. The number of rotatable bonds is 28. The molecule has 8 rings (SSSR count). The zero-order valence-electron chi connectivity index (χ0n) is 38.1. The Bertz CT molecular complexity index is 2370. The van der Waals surface area contributed by atoms with Crippen LogP contribution in [-0.2, 0) is 44.6 Å². The number of hydrogen-bond acceptors (Lipinski definition) is 8. The van der Waals surface area contributed by atoms with Gasteiger partial charge in [-0.05, 0) is 106 Å². The lowest BCUT2D eigenvalue weighted by atomic mass is 9.80. The summed E-state index contributed by atoms with van der Waals surface area (Å²) in [7, 11) is 1.72. The van der Waals surface area contributed by atoms with Crippen LogP contribution in [0.2, 0.25) is 0 Å². The van der Waals surface area contributed by atoms with Crippen LogP contribution in [0.4, 0.5) is 0 Å². The molecule has 0 saturated carbocycles. The van der Waals surface area contributed by atoms with E-state index in [-0.39, 0.29) is 30.1 Å². The first-order valence-corrected chi connectivity index (χ1v) is 23.3. The first kappa shape index (κ1) is 45.9. The average molecular weight is 877 g/mol. The van der Waals surface area contributed by atoms with Gasteiger partial charge in [-0.2, -0.15) is 0 Å². The second kappa shape index (κ2) is 22.5. The summed E-state index contributed by atoms with van der Waals surface area (Å²) in [5.41, 5.74) is 11.6. The van der Waals surface area contributed by atoms with Crippen LogP contribution in [0.5, 0.6) is 23.0 Å². The molecular formula is C57H64O8. The first-order valence-electron chi connectivity index (χ1n) is 23.3. The van der Waals surface area contributed by atoms with Crippen molar-refractivity contribution in [3.05, 3.63) is 191 Å².